The fraction of sp³-hybridized carbons (Fsp3) is 0.500. The number of carbonyl (C=O) groups excluding carboxylic acids is 1. The van der Waals surface area contributed by atoms with Crippen molar-refractivity contribution in [2.24, 2.45) is 0 Å². The van der Waals surface area contributed by atoms with Gasteiger partial charge in [0.05, 0.1) is 24.7 Å². The third-order valence-electron chi connectivity index (χ3n) is 6.39. The van der Waals surface area contributed by atoms with Gasteiger partial charge in [0.15, 0.2) is 0 Å². The van der Waals surface area contributed by atoms with Gasteiger partial charge < -0.3 is 14.4 Å². The molecule has 1 aliphatic heterocycles. The number of benzene rings is 2. The number of methoxy groups -OCH3 is 2. The van der Waals surface area contributed by atoms with Gasteiger partial charge in [0.2, 0.25) is 10.0 Å². The summed E-state index contributed by atoms with van der Waals surface area (Å²) in [4.78, 5) is 14.9. The molecule has 2 aromatic rings. The Kier molecular flexibility index (Phi) is 8.25. The first-order chi connectivity index (χ1) is 16.1. The third-order valence-corrected chi connectivity index (χ3v) is 7.93. The van der Waals surface area contributed by atoms with E-state index in [1.807, 2.05) is 26.0 Å². The summed E-state index contributed by atoms with van der Waals surface area (Å²) in [5.41, 5.74) is 3.11. The molecule has 1 heterocycles. The van der Waals surface area contributed by atoms with Crippen molar-refractivity contribution in [1.82, 2.24) is 9.62 Å². The van der Waals surface area contributed by atoms with Gasteiger partial charge in [-0.2, -0.15) is 0 Å². The minimum atomic E-state index is -3.89. The normalized spacial score (nSPS) is 15.3. The van der Waals surface area contributed by atoms with Crippen LogP contribution < -0.4 is 14.2 Å². The van der Waals surface area contributed by atoms with Crippen LogP contribution in [0.4, 0.5) is 0 Å². The molecule has 2 aromatic carbocycles. The smallest absolute Gasteiger partial charge is 0.257 e. The van der Waals surface area contributed by atoms with Gasteiger partial charge in [-0.3, -0.25) is 4.79 Å². The lowest BCUT2D eigenvalue weighted by Gasteiger charge is -2.27. The zero-order valence-corrected chi connectivity index (χ0v) is 21.8. The second kappa shape index (κ2) is 10.8. The Morgan fingerprint density at radius 2 is 1.59 bits per heavy atom. The number of amides is 1. The van der Waals surface area contributed by atoms with Crippen molar-refractivity contribution >= 4 is 15.9 Å². The molecule has 0 radical (unpaired) electrons. The first kappa shape index (κ1) is 26.0. The molecule has 0 aromatic heterocycles. The number of nitrogens with one attached hydrogen (secondary N) is 1. The molecule has 1 fully saturated rings. The van der Waals surface area contributed by atoms with Crippen LogP contribution in [-0.2, 0) is 10.0 Å². The predicted octanol–water partition coefficient (Wildman–Crippen LogP) is 4.80. The van der Waals surface area contributed by atoms with Crippen LogP contribution in [0.25, 0.3) is 0 Å². The van der Waals surface area contributed by atoms with Crippen LogP contribution in [0.1, 0.15) is 79.0 Å². The van der Waals surface area contributed by atoms with Crippen LogP contribution in [0.5, 0.6) is 11.5 Å². The van der Waals surface area contributed by atoms with E-state index in [2.05, 4.69) is 18.6 Å². The van der Waals surface area contributed by atoms with E-state index in [1.54, 1.807) is 18.1 Å². The van der Waals surface area contributed by atoms with Gasteiger partial charge in [0.1, 0.15) is 11.5 Å². The topological polar surface area (TPSA) is 84.9 Å². The first-order valence-electron chi connectivity index (χ1n) is 11.8. The summed E-state index contributed by atoms with van der Waals surface area (Å²) >= 11 is 0. The van der Waals surface area contributed by atoms with Crippen LogP contribution in [0, 0.1) is 6.92 Å². The standard InChI is InChI=1S/C26H36N2O5S/c1-17(2)21-16-22(18(3)14-25(21)33-6)19(4)27-34(30,31)20-10-11-24(32-5)23(15-20)26(29)28-12-8-7-9-13-28/h10-11,14-17,19,27H,7-9,12-13H2,1-6H3. The van der Waals surface area contributed by atoms with Gasteiger partial charge >= 0.3 is 0 Å². The maximum atomic E-state index is 13.3. The number of hydrogen-bond donors (Lipinski definition) is 1. The largest absolute Gasteiger partial charge is 0.496 e. The van der Waals surface area contributed by atoms with Gasteiger partial charge in [0.25, 0.3) is 5.91 Å². The lowest BCUT2D eigenvalue weighted by Crippen LogP contribution is -2.36. The van der Waals surface area contributed by atoms with E-state index < -0.39 is 16.1 Å². The van der Waals surface area contributed by atoms with E-state index in [0.29, 0.717) is 18.8 Å². The zero-order chi connectivity index (χ0) is 25.0. The number of sulfonamides is 1. The molecule has 1 amide bonds. The van der Waals surface area contributed by atoms with Gasteiger partial charge in [-0.05, 0) is 86.1 Å². The fourth-order valence-corrected chi connectivity index (χ4v) is 5.71. The number of aryl methyl sites for hydroxylation is 1. The van der Waals surface area contributed by atoms with E-state index in [9.17, 15) is 13.2 Å². The lowest BCUT2D eigenvalue weighted by molar-refractivity contribution is 0.0720. The van der Waals surface area contributed by atoms with E-state index in [1.165, 1.54) is 19.2 Å². The quantitative estimate of drug-likeness (QED) is 0.577. The minimum Gasteiger partial charge on any atom is -0.496 e. The molecule has 0 saturated carbocycles. The zero-order valence-electron chi connectivity index (χ0n) is 21.0. The Balaban J connectivity index is 1.92. The Hall–Kier alpha value is -2.58. The van der Waals surface area contributed by atoms with E-state index >= 15 is 0 Å². The Morgan fingerprint density at radius 1 is 0.941 bits per heavy atom. The highest BCUT2D eigenvalue weighted by atomic mass is 32.2. The first-order valence-corrected chi connectivity index (χ1v) is 13.3. The molecule has 1 aliphatic rings. The number of rotatable bonds is 8. The summed E-state index contributed by atoms with van der Waals surface area (Å²) in [7, 11) is -0.773. The maximum absolute atomic E-state index is 13.3. The number of nitrogens with zero attached hydrogens (tertiary/aromatic N) is 1. The highest BCUT2D eigenvalue weighted by Gasteiger charge is 2.26. The van der Waals surface area contributed by atoms with Crippen molar-refractivity contribution in [3.8, 4) is 11.5 Å². The summed E-state index contributed by atoms with van der Waals surface area (Å²) in [6.45, 7) is 9.25. The summed E-state index contributed by atoms with van der Waals surface area (Å²) in [6.07, 6.45) is 3.00. The predicted molar refractivity (Wildman–Crippen MR) is 133 cm³/mol. The molecule has 1 atom stereocenters. The van der Waals surface area contributed by atoms with E-state index in [0.717, 1.165) is 41.7 Å². The number of likely N-dealkylation sites (tertiary alicyclic amines) is 1. The van der Waals surface area contributed by atoms with Gasteiger partial charge in [-0.1, -0.05) is 13.8 Å². The number of hydrogen-bond acceptors (Lipinski definition) is 5. The Labute approximate surface area is 203 Å². The molecule has 186 valence electrons. The van der Waals surface area contributed by atoms with Crippen molar-refractivity contribution < 1.29 is 22.7 Å². The average Bonchev–Trinajstić information content (AvgIpc) is 2.82. The van der Waals surface area contributed by atoms with E-state index in [4.69, 9.17) is 9.47 Å². The third kappa shape index (κ3) is 5.55. The molecule has 3 rings (SSSR count). The molecule has 1 unspecified atom stereocenters. The second-order valence-electron chi connectivity index (χ2n) is 9.16. The summed E-state index contributed by atoms with van der Waals surface area (Å²) < 4.78 is 40.3. The Morgan fingerprint density at radius 3 is 2.18 bits per heavy atom. The van der Waals surface area contributed by atoms with Crippen molar-refractivity contribution in [1.29, 1.82) is 0 Å². The van der Waals surface area contributed by atoms with Crippen molar-refractivity contribution in [3.05, 3.63) is 52.6 Å². The molecule has 7 nitrogen and oxygen atoms in total. The lowest BCUT2D eigenvalue weighted by atomic mass is 9.94. The SMILES string of the molecule is COc1ccc(S(=O)(=O)NC(C)c2cc(C(C)C)c(OC)cc2C)cc1C(=O)N1CCCCC1. The minimum absolute atomic E-state index is 0.0377. The van der Waals surface area contributed by atoms with Gasteiger partial charge in [-0.25, -0.2) is 13.1 Å². The maximum Gasteiger partial charge on any atom is 0.257 e. The van der Waals surface area contributed by atoms with Gasteiger partial charge in [0, 0.05) is 19.1 Å². The average molecular weight is 489 g/mol. The molecule has 0 spiro atoms. The van der Waals surface area contributed by atoms with Crippen LogP contribution in [0.2, 0.25) is 0 Å². The second-order valence-corrected chi connectivity index (χ2v) is 10.9. The van der Waals surface area contributed by atoms with Crippen LogP contribution in [0.3, 0.4) is 0 Å². The van der Waals surface area contributed by atoms with Crippen molar-refractivity contribution in [2.45, 2.75) is 63.8 Å². The van der Waals surface area contributed by atoms with Crippen molar-refractivity contribution in [2.75, 3.05) is 27.3 Å². The highest BCUT2D eigenvalue weighted by Crippen LogP contribution is 2.33. The number of ether oxygens (including phenoxy) is 2. The van der Waals surface area contributed by atoms with Gasteiger partial charge in [-0.15, -0.1) is 0 Å². The monoisotopic (exact) mass is 488 g/mol. The Bertz CT molecular complexity index is 1140. The van der Waals surface area contributed by atoms with Crippen molar-refractivity contribution in [3.63, 3.8) is 0 Å². The molecular weight excluding hydrogens is 452 g/mol. The van der Waals surface area contributed by atoms with Crippen LogP contribution >= 0.6 is 0 Å². The summed E-state index contributed by atoms with van der Waals surface area (Å²) in [6, 6.07) is 7.92. The molecule has 1 saturated heterocycles. The molecule has 1 N–H and O–H groups in total. The number of piperidine rings is 1. The summed E-state index contributed by atoms with van der Waals surface area (Å²) in [5.74, 6) is 1.19. The molecular formula is C26H36N2O5S. The molecule has 0 bridgehead atoms. The summed E-state index contributed by atoms with van der Waals surface area (Å²) in [5, 5.41) is 0. The fourth-order valence-electron chi connectivity index (χ4n) is 4.46. The molecule has 34 heavy (non-hydrogen) atoms. The highest BCUT2D eigenvalue weighted by molar-refractivity contribution is 7.89. The van der Waals surface area contributed by atoms with Crippen LogP contribution in [0.15, 0.2) is 35.2 Å². The molecule has 8 heteroatoms. The van der Waals surface area contributed by atoms with Crippen LogP contribution in [-0.4, -0.2) is 46.5 Å². The van der Waals surface area contributed by atoms with E-state index in [-0.39, 0.29) is 22.3 Å². The number of carbonyl (C=O) groups is 1. The molecule has 0 aliphatic carbocycles.